The molecule has 160 valence electrons. The Kier molecular flexibility index (Phi) is 7.00. The molecule has 5 nitrogen and oxygen atoms in total. The van der Waals surface area contributed by atoms with Gasteiger partial charge in [0.2, 0.25) is 0 Å². The first-order valence-corrected chi connectivity index (χ1v) is 10.4. The molecule has 4 aromatic carbocycles. The molecular formula is C26H21ClN2O3. The summed E-state index contributed by atoms with van der Waals surface area (Å²) in [4.78, 5) is 11.8. The molecule has 0 spiro atoms. The van der Waals surface area contributed by atoms with Gasteiger partial charge >= 0.3 is 0 Å². The molecule has 0 aliphatic heterocycles. The second-order valence-corrected chi connectivity index (χ2v) is 7.47. The van der Waals surface area contributed by atoms with Gasteiger partial charge in [0.05, 0.1) is 6.21 Å². The van der Waals surface area contributed by atoms with Crippen LogP contribution < -0.4 is 14.9 Å². The quantitative estimate of drug-likeness (QED) is 0.284. The number of benzene rings is 4. The van der Waals surface area contributed by atoms with Crippen molar-refractivity contribution in [2.24, 2.45) is 5.10 Å². The molecule has 0 saturated heterocycles. The Bertz CT molecular complexity index is 1220. The molecule has 1 amide bonds. The maximum absolute atomic E-state index is 11.8. The van der Waals surface area contributed by atoms with Crippen LogP contribution in [-0.4, -0.2) is 18.7 Å². The van der Waals surface area contributed by atoms with Crippen molar-refractivity contribution < 1.29 is 14.3 Å². The van der Waals surface area contributed by atoms with E-state index in [2.05, 4.69) is 34.8 Å². The molecule has 0 saturated carbocycles. The van der Waals surface area contributed by atoms with Crippen LogP contribution in [0.25, 0.3) is 10.8 Å². The second kappa shape index (κ2) is 10.5. The molecule has 32 heavy (non-hydrogen) atoms. The van der Waals surface area contributed by atoms with Crippen LogP contribution in [0.5, 0.6) is 11.5 Å². The van der Waals surface area contributed by atoms with Crippen LogP contribution >= 0.6 is 11.6 Å². The fourth-order valence-electron chi connectivity index (χ4n) is 3.12. The third-order valence-corrected chi connectivity index (χ3v) is 4.99. The number of ether oxygens (including phenoxy) is 2. The zero-order chi connectivity index (χ0) is 22.2. The van der Waals surface area contributed by atoms with Gasteiger partial charge in [-0.2, -0.15) is 5.10 Å². The molecule has 0 bridgehead atoms. The van der Waals surface area contributed by atoms with Crippen LogP contribution in [-0.2, 0) is 11.4 Å². The first-order valence-electron chi connectivity index (χ1n) is 10.1. The highest BCUT2D eigenvalue weighted by Gasteiger charge is 2.03. The zero-order valence-corrected chi connectivity index (χ0v) is 18.0. The van der Waals surface area contributed by atoms with E-state index < -0.39 is 0 Å². The average molecular weight is 445 g/mol. The first kappa shape index (κ1) is 21.4. The fourth-order valence-corrected chi connectivity index (χ4v) is 3.25. The van der Waals surface area contributed by atoms with Crippen LogP contribution in [0.1, 0.15) is 11.1 Å². The van der Waals surface area contributed by atoms with Crippen LogP contribution in [0.15, 0.2) is 96.1 Å². The standard InChI is InChI=1S/C26H21ClN2O3/c27-22-10-14-24(15-11-22)32-18-26(30)29-28-16-19-8-12-23(13-9-19)31-17-21-6-3-5-20-4-1-2-7-25(20)21/h1-16H,17-18H2,(H,29,30)/b28-16+. The van der Waals surface area contributed by atoms with Crippen molar-refractivity contribution in [3.63, 3.8) is 0 Å². The average Bonchev–Trinajstić information content (AvgIpc) is 2.83. The van der Waals surface area contributed by atoms with E-state index in [0.717, 1.165) is 16.9 Å². The Morgan fingerprint density at radius 3 is 2.34 bits per heavy atom. The summed E-state index contributed by atoms with van der Waals surface area (Å²) >= 11 is 5.82. The molecule has 1 N–H and O–H groups in total. The van der Waals surface area contributed by atoms with Crippen molar-refractivity contribution in [3.05, 3.63) is 107 Å². The lowest BCUT2D eigenvalue weighted by molar-refractivity contribution is -0.123. The van der Waals surface area contributed by atoms with Gasteiger partial charge in [0.25, 0.3) is 5.91 Å². The lowest BCUT2D eigenvalue weighted by Gasteiger charge is -2.09. The number of hydrogen-bond acceptors (Lipinski definition) is 4. The number of halogens is 1. The summed E-state index contributed by atoms with van der Waals surface area (Å²) < 4.78 is 11.3. The van der Waals surface area contributed by atoms with E-state index in [0.29, 0.717) is 17.4 Å². The molecule has 0 aromatic heterocycles. The highest BCUT2D eigenvalue weighted by Crippen LogP contribution is 2.21. The molecule has 0 fully saturated rings. The highest BCUT2D eigenvalue weighted by atomic mass is 35.5. The fraction of sp³-hybridized carbons (Fsp3) is 0.0769. The molecule has 0 atom stereocenters. The Morgan fingerprint density at radius 1 is 0.844 bits per heavy atom. The van der Waals surface area contributed by atoms with Gasteiger partial charge in [0.15, 0.2) is 6.61 Å². The smallest absolute Gasteiger partial charge is 0.277 e. The number of carbonyl (C=O) groups excluding carboxylic acids is 1. The number of nitrogens with one attached hydrogen (secondary N) is 1. The molecule has 4 aromatic rings. The van der Waals surface area contributed by atoms with Gasteiger partial charge in [-0.3, -0.25) is 4.79 Å². The molecular weight excluding hydrogens is 424 g/mol. The zero-order valence-electron chi connectivity index (χ0n) is 17.2. The first-order chi connectivity index (χ1) is 15.7. The summed E-state index contributed by atoms with van der Waals surface area (Å²) in [6, 6.07) is 28.7. The monoisotopic (exact) mass is 444 g/mol. The van der Waals surface area contributed by atoms with Gasteiger partial charge in [-0.05, 0) is 70.4 Å². The van der Waals surface area contributed by atoms with Crippen molar-refractivity contribution in [2.75, 3.05) is 6.61 Å². The second-order valence-electron chi connectivity index (χ2n) is 7.03. The van der Waals surface area contributed by atoms with E-state index >= 15 is 0 Å². The van der Waals surface area contributed by atoms with E-state index in [4.69, 9.17) is 21.1 Å². The molecule has 0 radical (unpaired) electrons. The minimum atomic E-state index is -0.355. The summed E-state index contributed by atoms with van der Waals surface area (Å²) in [6.07, 6.45) is 1.56. The SMILES string of the molecule is O=C(COc1ccc(Cl)cc1)N/N=C/c1ccc(OCc2cccc3ccccc23)cc1. The number of carbonyl (C=O) groups is 1. The van der Waals surface area contributed by atoms with Crippen molar-refractivity contribution in [1.82, 2.24) is 5.43 Å². The number of amides is 1. The minimum Gasteiger partial charge on any atom is -0.489 e. The van der Waals surface area contributed by atoms with E-state index in [1.54, 1.807) is 30.5 Å². The molecule has 6 heteroatoms. The number of nitrogens with zero attached hydrogens (tertiary/aromatic N) is 1. The highest BCUT2D eigenvalue weighted by molar-refractivity contribution is 6.30. The van der Waals surface area contributed by atoms with E-state index in [-0.39, 0.29) is 12.5 Å². The Morgan fingerprint density at radius 2 is 1.53 bits per heavy atom. The van der Waals surface area contributed by atoms with Crippen LogP contribution in [0, 0.1) is 0 Å². The maximum Gasteiger partial charge on any atom is 0.277 e. The number of hydrogen-bond donors (Lipinski definition) is 1. The summed E-state index contributed by atoms with van der Waals surface area (Å²) in [5, 5.41) is 6.95. The summed E-state index contributed by atoms with van der Waals surface area (Å²) in [5.74, 6) is 0.967. The summed E-state index contributed by atoms with van der Waals surface area (Å²) in [7, 11) is 0. The van der Waals surface area contributed by atoms with Crippen molar-refractivity contribution in [2.45, 2.75) is 6.61 Å². The van der Waals surface area contributed by atoms with Crippen molar-refractivity contribution in [3.8, 4) is 11.5 Å². The van der Waals surface area contributed by atoms with E-state index in [1.165, 1.54) is 10.8 Å². The van der Waals surface area contributed by atoms with Crippen molar-refractivity contribution >= 4 is 34.5 Å². The van der Waals surface area contributed by atoms with Crippen LogP contribution in [0.3, 0.4) is 0 Å². The van der Waals surface area contributed by atoms with E-state index in [9.17, 15) is 4.79 Å². The molecule has 0 heterocycles. The number of hydrazone groups is 1. The van der Waals surface area contributed by atoms with Gasteiger partial charge in [-0.25, -0.2) is 5.43 Å². The minimum absolute atomic E-state index is 0.139. The largest absolute Gasteiger partial charge is 0.489 e. The van der Waals surface area contributed by atoms with Gasteiger partial charge < -0.3 is 9.47 Å². The Balaban J connectivity index is 1.25. The summed E-state index contributed by atoms with van der Waals surface area (Å²) in [5.41, 5.74) is 4.41. The van der Waals surface area contributed by atoms with E-state index in [1.807, 2.05) is 42.5 Å². The molecule has 0 aliphatic carbocycles. The van der Waals surface area contributed by atoms with Crippen LogP contribution in [0.4, 0.5) is 0 Å². The van der Waals surface area contributed by atoms with Crippen molar-refractivity contribution in [1.29, 1.82) is 0 Å². The lowest BCUT2D eigenvalue weighted by atomic mass is 10.1. The number of fused-ring (bicyclic) bond motifs is 1. The lowest BCUT2D eigenvalue weighted by Crippen LogP contribution is -2.24. The van der Waals surface area contributed by atoms with Crippen LogP contribution in [0.2, 0.25) is 5.02 Å². The van der Waals surface area contributed by atoms with Gasteiger partial charge in [-0.1, -0.05) is 54.1 Å². The predicted molar refractivity (Wildman–Crippen MR) is 127 cm³/mol. The third-order valence-electron chi connectivity index (χ3n) is 4.74. The predicted octanol–water partition coefficient (Wildman–Crippen LogP) is 5.60. The molecule has 0 unspecified atom stereocenters. The summed E-state index contributed by atoms with van der Waals surface area (Å²) in [6.45, 7) is 0.346. The Labute approximate surface area is 191 Å². The van der Waals surface area contributed by atoms with Gasteiger partial charge in [0.1, 0.15) is 18.1 Å². The Hall–Kier alpha value is -3.83. The van der Waals surface area contributed by atoms with Gasteiger partial charge in [-0.15, -0.1) is 0 Å². The van der Waals surface area contributed by atoms with Gasteiger partial charge in [0, 0.05) is 5.02 Å². The molecule has 0 aliphatic rings. The molecule has 4 rings (SSSR count). The maximum atomic E-state index is 11.8. The normalized spacial score (nSPS) is 10.9. The number of rotatable bonds is 8. The third kappa shape index (κ3) is 5.86. The topological polar surface area (TPSA) is 59.9 Å².